The summed E-state index contributed by atoms with van der Waals surface area (Å²) in [5, 5.41) is 2.94. The summed E-state index contributed by atoms with van der Waals surface area (Å²) in [6.45, 7) is 9.63. The fraction of sp³-hybridized carbons (Fsp3) is 0.933. The van der Waals surface area contributed by atoms with Gasteiger partial charge in [0.25, 0.3) is 0 Å². The van der Waals surface area contributed by atoms with E-state index < -0.39 is 0 Å². The van der Waals surface area contributed by atoms with Gasteiger partial charge in [-0.2, -0.15) is 0 Å². The smallest absolute Gasteiger partial charge is 0.234 e. The number of hydrogen-bond acceptors (Lipinski definition) is 4. The van der Waals surface area contributed by atoms with Gasteiger partial charge in [0, 0.05) is 46.4 Å². The van der Waals surface area contributed by atoms with Crippen molar-refractivity contribution in [3.8, 4) is 0 Å². The van der Waals surface area contributed by atoms with Gasteiger partial charge >= 0.3 is 0 Å². The molecule has 118 valence electrons. The lowest BCUT2D eigenvalue weighted by Crippen LogP contribution is -2.49. The molecule has 1 saturated heterocycles. The van der Waals surface area contributed by atoms with Crippen molar-refractivity contribution >= 4 is 5.91 Å². The van der Waals surface area contributed by atoms with Gasteiger partial charge in [-0.1, -0.05) is 19.8 Å². The van der Waals surface area contributed by atoms with Crippen LogP contribution in [0.2, 0.25) is 0 Å². The predicted octanol–water partition coefficient (Wildman–Crippen LogP) is 0.947. The van der Waals surface area contributed by atoms with E-state index in [0.717, 1.165) is 32.6 Å². The summed E-state index contributed by atoms with van der Waals surface area (Å²) in [6.07, 6.45) is 4.79. The molecule has 1 amide bonds. The highest BCUT2D eigenvalue weighted by Gasteiger charge is 2.18. The monoisotopic (exact) mass is 285 g/mol. The predicted molar refractivity (Wildman–Crippen MR) is 81.9 cm³/mol. The molecule has 0 aromatic carbocycles. The molecule has 1 N–H and O–H groups in total. The third kappa shape index (κ3) is 7.82. The molecule has 5 nitrogen and oxygen atoms in total. The maximum absolute atomic E-state index is 11.8. The Morgan fingerprint density at radius 1 is 1.10 bits per heavy atom. The Balaban J connectivity index is 2.04. The Bertz CT molecular complexity index is 254. The minimum absolute atomic E-state index is 0.139. The van der Waals surface area contributed by atoms with E-state index in [0.29, 0.717) is 19.7 Å². The van der Waals surface area contributed by atoms with E-state index in [1.165, 1.54) is 25.8 Å². The van der Waals surface area contributed by atoms with Gasteiger partial charge in [0.1, 0.15) is 0 Å². The van der Waals surface area contributed by atoms with E-state index in [9.17, 15) is 4.79 Å². The molecule has 20 heavy (non-hydrogen) atoms. The van der Waals surface area contributed by atoms with E-state index in [2.05, 4.69) is 22.0 Å². The summed E-state index contributed by atoms with van der Waals surface area (Å²) in [4.78, 5) is 16.5. The summed E-state index contributed by atoms with van der Waals surface area (Å²) in [5.41, 5.74) is 0. The highest BCUT2D eigenvalue weighted by atomic mass is 16.5. The van der Waals surface area contributed by atoms with Crippen molar-refractivity contribution < 1.29 is 9.53 Å². The average Bonchev–Trinajstić information content (AvgIpc) is 2.46. The van der Waals surface area contributed by atoms with Crippen LogP contribution in [0, 0.1) is 0 Å². The molecule has 1 fully saturated rings. The second-order valence-corrected chi connectivity index (χ2v) is 5.52. The van der Waals surface area contributed by atoms with E-state index >= 15 is 0 Å². The van der Waals surface area contributed by atoms with Crippen LogP contribution in [0.15, 0.2) is 0 Å². The fourth-order valence-electron chi connectivity index (χ4n) is 2.46. The van der Waals surface area contributed by atoms with E-state index in [-0.39, 0.29) is 5.91 Å². The molecule has 0 atom stereocenters. The third-order valence-electron chi connectivity index (χ3n) is 3.76. The first-order valence-corrected chi connectivity index (χ1v) is 7.96. The first-order chi connectivity index (χ1) is 9.76. The quantitative estimate of drug-likeness (QED) is 0.607. The molecular formula is C15H31N3O2. The SMILES string of the molecule is CCCCCN1CCN(CC(=O)NCCCOC)CC1. The Hall–Kier alpha value is -0.650. The van der Waals surface area contributed by atoms with Crippen LogP contribution in [-0.4, -0.2) is 75.2 Å². The van der Waals surface area contributed by atoms with Crippen LogP contribution in [-0.2, 0) is 9.53 Å². The molecule has 0 radical (unpaired) electrons. The maximum atomic E-state index is 11.8. The minimum atomic E-state index is 0.139. The molecule has 1 aliphatic heterocycles. The van der Waals surface area contributed by atoms with Gasteiger partial charge in [0.05, 0.1) is 6.54 Å². The zero-order valence-corrected chi connectivity index (χ0v) is 13.2. The number of unbranched alkanes of at least 4 members (excludes halogenated alkanes) is 2. The van der Waals surface area contributed by atoms with Crippen molar-refractivity contribution in [3.05, 3.63) is 0 Å². The summed E-state index contributed by atoms with van der Waals surface area (Å²) >= 11 is 0. The normalized spacial score (nSPS) is 17.3. The van der Waals surface area contributed by atoms with Crippen LogP contribution in [0.25, 0.3) is 0 Å². The number of rotatable bonds is 10. The molecule has 0 saturated carbocycles. The van der Waals surface area contributed by atoms with Crippen LogP contribution in [0.4, 0.5) is 0 Å². The third-order valence-corrected chi connectivity index (χ3v) is 3.76. The number of nitrogens with zero attached hydrogens (tertiary/aromatic N) is 2. The summed E-state index contributed by atoms with van der Waals surface area (Å²) in [5.74, 6) is 0.139. The number of nitrogens with one attached hydrogen (secondary N) is 1. The zero-order valence-electron chi connectivity index (χ0n) is 13.2. The molecule has 0 aliphatic carbocycles. The van der Waals surface area contributed by atoms with Crippen LogP contribution < -0.4 is 5.32 Å². The van der Waals surface area contributed by atoms with Crippen molar-refractivity contribution in [3.63, 3.8) is 0 Å². The average molecular weight is 285 g/mol. The van der Waals surface area contributed by atoms with E-state index in [1.807, 2.05) is 0 Å². The van der Waals surface area contributed by atoms with Crippen molar-refractivity contribution in [2.45, 2.75) is 32.6 Å². The minimum Gasteiger partial charge on any atom is -0.385 e. The molecule has 0 bridgehead atoms. The lowest BCUT2D eigenvalue weighted by atomic mass is 10.2. The summed E-state index contributed by atoms with van der Waals surface area (Å²) in [6, 6.07) is 0. The number of carbonyl (C=O) groups excluding carboxylic acids is 1. The highest BCUT2D eigenvalue weighted by Crippen LogP contribution is 2.04. The Morgan fingerprint density at radius 2 is 1.80 bits per heavy atom. The van der Waals surface area contributed by atoms with Crippen molar-refractivity contribution in [1.82, 2.24) is 15.1 Å². The molecule has 0 unspecified atom stereocenters. The number of carbonyl (C=O) groups is 1. The van der Waals surface area contributed by atoms with Crippen molar-refractivity contribution in [2.75, 3.05) is 59.5 Å². The first kappa shape index (κ1) is 17.4. The second kappa shape index (κ2) is 11.1. The molecule has 0 aromatic rings. The highest BCUT2D eigenvalue weighted by molar-refractivity contribution is 5.77. The van der Waals surface area contributed by atoms with Gasteiger partial charge in [0.15, 0.2) is 0 Å². The number of amides is 1. The van der Waals surface area contributed by atoms with Gasteiger partial charge in [-0.15, -0.1) is 0 Å². The summed E-state index contributed by atoms with van der Waals surface area (Å²) in [7, 11) is 1.68. The lowest BCUT2D eigenvalue weighted by molar-refractivity contribution is -0.122. The van der Waals surface area contributed by atoms with Crippen molar-refractivity contribution in [1.29, 1.82) is 0 Å². The molecule has 5 heteroatoms. The lowest BCUT2D eigenvalue weighted by Gasteiger charge is -2.34. The number of methoxy groups -OCH3 is 1. The van der Waals surface area contributed by atoms with Crippen LogP contribution in [0.1, 0.15) is 32.6 Å². The zero-order chi connectivity index (χ0) is 14.6. The van der Waals surface area contributed by atoms with E-state index in [1.54, 1.807) is 7.11 Å². The molecule has 0 spiro atoms. The van der Waals surface area contributed by atoms with Gasteiger partial charge in [-0.05, 0) is 19.4 Å². The molecule has 1 heterocycles. The molecule has 1 rings (SSSR count). The second-order valence-electron chi connectivity index (χ2n) is 5.52. The summed E-state index contributed by atoms with van der Waals surface area (Å²) < 4.78 is 4.96. The Morgan fingerprint density at radius 3 is 2.45 bits per heavy atom. The number of hydrogen-bond donors (Lipinski definition) is 1. The topological polar surface area (TPSA) is 44.8 Å². The molecular weight excluding hydrogens is 254 g/mol. The molecule has 1 aliphatic rings. The first-order valence-electron chi connectivity index (χ1n) is 7.96. The van der Waals surface area contributed by atoms with Gasteiger partial charge < -0.3 is 15.0 Å². The van der Waals surface area contributed by atoms with Gasteiger partial charge in [-0.3, -0.25) is 9.69 Å². The van der Waals surface area contributed by atoms with E-state index in [4.69, 9.17) is 4.74 Å². The largest absolute Gasteiger partial charge is 0.385 e. The fourth-order valence-corrected chi connectivity index (χ4v) is 2.46. The number of ether oxygens (including phenoxy) is 1. The maximum Gasteiger partial charge on any atom is 0.234 e. The van der Waals surface area contributed by atoms with Crippen molar-refractivity contribution in [2.24, 2.45) is 0 Å². The van der Waals surface area contributed by atoms with Crippen LogP contribution in [0.3, 0.4) is 0 Å². The Kier molecular flexibility index (Phi) is 9.62. The number of piperazine rings is 1. The Labute approximate surface area is 123 Å². The standard InChI is InChI=1S/C15H31N3O2/c1-3-4-5-8-17-9-11-18(12-10-17)14-15(19)16-7-6-13-20-2/h3-14H2,1-2H3,(H,16,19). The van der Waals surface area contributed by atoms with Crippen LogP contribution in [0.5, 0.6) is 0 Å². The molecule has 0 aromatic heterocycles. The van der Waals surface area contributed by atoms with Gasteiger partial charge in [0.2, 0.25) is 5.91 Å². The van der Waals surface area contributed by atoms with Crippen LogP contribution >= 0.6 is 0 Å². The van der Waals surface area contributed by atoms with Gasteiger partial charge in [-0.25, -0.2) is 0 Å².